The number of aromatic nitrogens is 4. The van der Waals surface area contributed by atoms with Gasteiger partial charge in [-0.25, -0.2) is 4.98 Å². The van der Waals surface area contributed by atoms with Gasteiger partial charge in [0.1, 0.15) is 5.82 Å². The minimum atomic E-state index is 0.301. The van der Waals surface area contributed by atoms with Crippen LogP contribution in [0.2, 0.25) is 0 Å². The average molecular weight is 261 g/mol. The molecule has 0 amide bonds. The lowest BCUT2D eigenvalue weighted by atomic mass is 9.97. The lowest BCUT2D eigenvalue weighted by molar-refractivity contribution is 0.490. The van der Waals surface area contributed by atoms with E-state index in [0.29, 0.717) is 18.4 Å². The average Bonchev–Trinajstić information content (AvgIpc) is 3.03. The van der Waals surface area contributed by atoms with Gasteiger partial charge < -0.3 is 10.7 Å². The molecular weight excluding hydrogens is 238 g/mol. The van der Waals surface area contributed by atoms with Crippen molar-refractivity contribution in [1.29, 1.82) is 0 Å². The van der Waals surface area contributed by atoms with Gasteiger partial charge in [0.2, 0.25) is 0 Å². The predicted octanol–water partition coefficient (Wildman–Crippen LogP) is 2.38. The fourth-order valence-electron chi connectivity index (χ4n) is 2.25. The summed E-state index contributed by atoms with van der Waals surface area (Å²) in [5.41, 5.74) is 7.93. The Kier molecular flexibility index (Phi) is 4.37. The Hall–Kier alpha value is -1.62. The van der Waals surface area contributed by atoms with Crippen molar-refractivity contribution >= 4 is 0 Å². The van der Waals surface area contributed by atoms with Crippen LogP contribution in [0.15, 0.2) is 18.6 Å². The topological polar surface area (TPSA) is 72.5 Å². The van der Waals surface area contributed by atoms with Crippen LogP contribution >= 0.6 is 0 Å². The van der Waals surface area contributed by atoms with Crippen LogP contribution in [0.5, 0.6) is 0 Å². The summed E-state index contributed by atoms with van der Waals surface area (Å²) in [6, 6.07) is 0. The summed E-state index contributed by atoms with van der Waals surface area (Å²) >= 11 is 0. The number of imidazole rings is 1. The van der Waals surface area contributed by atoms with Gasteiger partial charge in [-0.2, -0.15) is 5.10 Å². The predicted molar refractivity (Wildman–Crippen MR) is 76.7 cm³/mol. The third-order valence-corrected chi connectivity index (χ3v) is 3.29. The molecule has 1 atom stereocenters. The highest BCUT2D eigenvalue weighted by Gasteiger charge is 2.16. The monoisotopic (exact) mass is 261 g/mol. The molecule has 19 heavy (non-hydrogen) atoms. The Morgan fingerprint density at radius 1 is 1.37 bits per heavy atom. The number of hydrogen-bond acceptors (Lipinski definition) is 3. The van der Waals surface area contributed by atoms with Crippen molar-refractivity contribution in [3.05, 3.63) is 24.4 Å². The van der Waals surface area contributed by atoms with Crippen molar-refractivity contribution < 1.29 is 0 Å². The molecule has 1 unspecified atom stereocenters. The van der Waals surface area contributed by atoms with Crippen LogP contribution in [-0.2, 0) is 6.54 Å². The maximum atomic E-state index is 5.85. The van der Waals surface area contributed by atoms with E-state index in [2.05, 4.69) is 35.8 Å². The van der Waals surface area contributed by atoms with Crippen LogP contribution in [0, 0.1) is 5.92 Å². The molecule has 0 aliphatic rings. The normalized spacial score (nSPS) is 13.1. The number of H-pyrrole nitrogens is 1. The van der Waals surface area contributed by atoms with Crippen LogP contribution in [0.3, 0.4) is 0 Å². The van der Waals surface area contributed by atoms with E-state index in [4.69, 9.17) is 5.73 Å². The van der Waals surface area contributed by atoms with Gasteiger partial charge in [0, 0.05) is 30.8 Å². The van der Waals surface area contributed by atoms with Crippen molar-refractivity contribution in [2.45, 2.75) is 39.7 Å². The Morgan fingerprint density at radius 3 is 2.74 bits per heavy atom. The number of aromatic amines is 1. The van der Waals surface area contributed by atoms with Crippen molar-refractivity contribution in [1.82, 2.24) is 19.7 Å². The van der Waals surface area contributed by atoms with Crippen molar-refractivity contribution in [2.24, 2.45) is 11.7 Å². The van der Waals surface area contributed by atoms with Crippen LogP contribution in [-0.4, -0.2) is 26.3 Å². The van der Waals surface area contributed by atoms with Crippen molar-refractivity contribution in [3.63, 3.8) is 0 Å². The molecule has 5 heteroatoms. The fraction of sp³-hybridized carbons (Fsp3) is 0.571. The summed E-state index contributed by atoms with van der Waals surface area (Å²) in [6.07, 6.45) is 6.81. The van der Waals surface area contributed by atoms with Gasteiger partial charge in [0.25, 0.3) is 0 Å². The van der Waals surface area contributed by atoms with Gasteiger partial charge in [-0.05, 0) is 19.3 Å². The van der Waals surface area contributed by atoms with E-state index in [1.807, 2.05) is 23.3 Å². The molecule has 2 aromatic rings. The molecule has 0 aromatic carbocycles. The summed E-state index contributed by atoms with van der Waals surface area (Å²) in [5.74, 6) is 1.90. The van der Waals surface area contributed by atoms with Gasteiger partial charge in [-0.15, -0.1) is 0 Å². The van der Waals surface area contributed by atoms with E-state index in [-0.39, 0.29) is 0 Å². The first-order chi connectivity index (χ1) is 9.13. The lowest BCUT2D eigenvalue weighted by Gasteiger charge is -2.14. The Bertz CT molecular complexity index is 511. The zero-order valence-electron chi connectivity index (χ0n) is 11.9. The number of nitrogens with one attached hydrogen (secondary N) is 1. The standard InChI is InChI=1S/C14H23N5/c1-4-19-9-12(7-17-19)13-8-16-14(18-13)11(6-15)5-10(2)3/h7-11H,4-6,15H2,1-3H3,(H,16,18). The van der Waals surface area contributed by atoms with Crippen LogP contribution < -0.4 is 5.73 Å². The number of hydrogen-bond donors (Lipinski definition) is 2. The molecule has 2 heterocycles. The second-order valence-electron chi connectivity index (χ2n) is 5.33. The van der Waals surface area contributed by atoms with Crippen molar-refractivity contribution in [2.75, 3.05) is 6.54 Å². The Balaban J connectivity index is 2.17. The minimum absolute atomic E-state index is 0.301. The number of rotatable bonds is 6. The molecule has 0 aliphatic heterocycles. The molecule has 0 fully saturated rings. The molecule has 2 aromatic heterocycles. The summed E-state index contributed by atoms with van der Waals surface area (Å²) in [5, 5.41) is 4.28. The fourth-order valence-corrected chi connectivity index (χ4v) is 2.25. The van der Waals surface area contributed by atoms with Gasteiger partial charge in [0.15, 0.2) is 0 Å². The maximum absolute atomic E-state index is 5.85. The van der Waals surface area contributed by atoms with E-state index in [1.54, 1.807) is 0 Å². The van der Waals surface area contributed by atoms with E-state index < -0.39 is 0 Å². The first-order valence-electron chi connectivity index (χ1n) is 6.91. The van der Waals surface area contributed by atoms with E-state index in [1.165, 1.54) is 0 Å². The smallest absolute Gasteiger partial charge is 0.110 e. The zero-order valence-corrected chi connectivity index (χ0v) is 11.9. The first kappa shape index (κ1) is 13.8. The SMILES string of the molecule is CCn1cc(-c2cnc(C(CN)CC(C)C)[nH]2)cn1. The third-order valence-electron chi connectivity index (χ3n) is 3.29. The van der Waals surface area contributed by atoms with Crippen LogP contribution in [0.1, 0.15) is 38.9 Å². The van der Waals surface area contributed by atoms with E-state index in [9.17, 15) is 0 Å². The molecular formula is C14H23N5. The molecule has 0 spiro atoms. The third kappa shape index (κ3) is 3.23. The van der Waals surface area contributed by atoms with Gasteiger partial charge in [-0.3, -0.25) is 4.68 Å². The highest BCUT2D eigenvalue weighted by molar-refractivity contribution is 5.56. The van der Waals surface area contributed by atoms with Gasteiger partial charge in [0.05, 0.1) is 18.1 Å². The van der Waals surface area contributed by atoms with Gasteiger partial charge >= 0.3 is 0 Å². The molecule has 3 N–H and O–H groups in total. The second kappa shape index (κ2) is 6.02. The molecule has 2 rings (SSSR count). The summed E-state index contributed by atoms with van der Waals surface area (Å²) < 4.78 is 1.91. The molecule has 0 aliphatic carbocycles. The largest absolute Gasteiger partial charge is 0.342 e. The quantitative estimate of drug-likeness (QED) is 0.838. The lowest BCUT2D eigenvalue weighted by Crippen LogP contribution is -2.15. The molecule has 0 bridgehead atoms. The molecule has 0 radical (unpaired) electrons. The van der Waals surface area contributed by atoms with E-state index in [0.717, 1.165) is 30.0 Å². The summed E-state index contributed by atoms with van der Waals surface area (Å²) in [6.45, 7) is 7.98. The van der Waals surface area contributed by atoms with E-state index >= 15 is 0 Å². The number of nitrogens with zero attached hydrogens (tertiary/aromatic N) is 3. The first-order valence-corrected chi connectivity index (χ1v) is 6.91. The highest BCUT2D eigenvalue weighted by atomic mass is 15.3. The molecule has 104 valence electrons. The molecule has 0 saturated heterocycles. The number of aryl methyl sites for hydroxylation is 1. The van der Waals surface area contributed by atoms with Crippen LogP contribution in [0.25, 0.3) is 11.3 Å². The highest BCUT2D eigenvalue weighted by Crippen LogP contribution is 2.23. The minimum Gasteiger partial charge on any atom is -0.342 e. The number of nitrogens with two attached hydrogens (primary N) is 1. The molecule has 5 nitrogen and oxygen atoms in total. The maximum Gasteiger partial charge on any atom is 0.110 e. The Labute approximate surface area is 114 Å². The zero-order chi connectivity index (χ0) is 13.8. The Morgan fingerprint density at radius 2 is 2.16 bits per heavy atom. The summed E-state index contributed by atoms with van der Waals surface area (Å²) in [7, 11) is 0. The van der Waals surface area contributed by atoms with Crippen LogP contribution in [0.4, 0.5) is 0 Å². The van der Waals surface area contributed by atoms with Gasteiger partial charge in [-0.1, -0.05) is 13.8 Å². The second-order valence-corrected chi connectivity index (χ2v) is 5.33. The molecule has 0 saturated carbocycles. The summed E-state index contributed by atoms with van der Waals surface area (Å²) in [4.78, 5) is 7.86. The van der Waals surface area contributed by atoms with Crippen molar-refractivity contribution in [3.8, 4) is 11.3 Å².